The van der Waals surface area contributed by atoms with Crippen LogP contribution >= 0.6 is 0 Å². The third-order valence-corrected chi connectivity index (χ3v) is 3.30. The van der Waals surface area contributed by atoms with E-state index in [1.807, 2.05) is 19.3 Å². The van der Waals surface area contributed by atoms with Gasteiger partial charge in [-0.15, -0.1) is 0 Å². The zero-order valence-corrected chi connectivity index (χ0v) is 10.9. The Hall–Kier alpha value is -1.16. The second kappa shape index (κ2) is 5.96. The SMILES string of the molecule is CCN1CCCN(c2ncc(C)cn2)CCC1. The van der Waals surface area contributed by atoms with Crippen LogP contribution in [0.25, 0.3) is 0 Å². The van der Waals surface area contributed by atoms with Crippen LogP contribution in [0.3, 0.4) is 0 Å². The summed E-state index contributed by atoms with van der Waals surface area (Å²) < 4.78 is 0. The lowest BCUT2D eigenvalue weighted by Crippen LogP contribution is -2.37. The van der Waals surface area contributed by atoms with E-state index in [0.29, 0.717) is 0 Å². The Bertz CT molecular complexity index is 326. The third-order valence-electron chi connectivity index (χ3n) is 3.30. The van der Waals surface area contributed by atoms with Gasteiger partial charge in [-0.25, -0.2) is 9.97 Å². The highest BCUT2D eigenvalue weighted by atomic mass is 15.3. The summed E-state index contributed by atoms with van der Waals surface area (Å²) in [5, 5.41) is 0. The average Bonchev–Trinajstić information content (AvgIpc) is 2.31. The fourth-order valence-corrected chi connectivity index (χ4v) is 2.26. The number of aryl methyl sites for hydroxylation is 1. The molecular weight excluding hydrogens is 212 g/mol. The highest BCUT2D eigenvalue weighted by molar-refractivity contribution is 5.29. The molecule has 4 heteroatoms. The number of anilines is 1. The van der Waals surface area contributed by atoms with Gasteiger partial charge in [0.15, 0.2) is 0 Å². The molecule has 1 aromatic heterocycles. The van der Waals surface area contributed by atoms with Crippen LogP contribution in [0.1, 0.15) is 25.3 Å². The molecule has 4 nitrogen and oxygen atoms in total. The van der Waals surface area contributed by atoms with E-state index in [1.165, 1.54) is 32.5 Å². The lowest BCUT2D eigenvalue weighted by atomic mass is 10.2. The van der Waals surface area contributed by atoms with E-state index in [9.17, 15) is 0 Å². The van der Waals surface area contributed by atoms with Crippen molar-refractivity contribution < 1.29 is 0 Å². The number of aromatic nitrogens is 2. The second-order valence-electron chi connectivity index (χ2n) is 4.69. The molecule has 17 heavy (non-hydrogen) atoms. The molecule has 1 aliphatic heterocycles. The maximum absolute atomic E-state index is 4.41. The summed E-state index contributed by atoms with van der Waals surface area (Å²) in [6, 6.07) is 0. The van der Waals surface area contributed by atoms with Crippen LogP contribution in [-0.4, -0.2) is 47.6 Å². The fraction of sp³-hybridized carbons (Fsp3) is 0.692. The van der Waals surface area contributed by atoms with Crippen molar-refractivity contribution in [1.82, 2.24) is 14.9 Å². The van der Waals surface area contributed by atoms with Crippen molar-refractivity contribution in [2.75, 3.05) is 37.6 Å². The minimum atomic E-state index is 0.889. The monoisotopic (exact) mass is 234 g/mol. The summed E-state index contributed by atoms with van der Waals surface area (Å²) >= 11 is 0. The van der Waals surface area contributed by atoms with Gasteiger partial charge in [-0.1, -0.05) is 6.92 Å². The number of nitrogens with zero attached hydrogens (tertiary/aromatic N) is 4. The van der Waals surface area contributed by atoms with Crippen LogP contribution in [0, 0.1) is 6.92 Å². The summed E-state index contributed by atoms with van der Waals surface area (Å²) in [4.78, 5) is 13.7. The Labute approximate surface area is 104 Å². The lowest BCUT2D eigenvalue weighted by Gasteiger charge is -2.29. The van der Waals surface area contributed by atoms with Crippen molar-refractivity contribution in [1.29, 1.82) is 0 Å². The van der Waals surface area contributed by atoms with Gasteiger partial charge < -0.3 is 9.80 Å². The van der Waals surface area contributed by atoms with E-state index in [2.05, 4.69) is 26.7 Å². The molecule has 0 radical (unpaired) electrons. The van der Waals surface area contributed by atoms with Crippen LogP contribution in [0.2, 0.25) is 0 Å². The number of hydrogen-bond acceptors (Lipinski definition) is 4. The van der Waals surface area contributed by atoms with Gasteiger partial charge in [0.25, 0.3) is 0 Å². The van der Waals surface area contributed by atoms with E-state index < -0.39 is 0 Å². The van der Waals surface area contributed by atoms with E-state index in [1.54, 1.807) is 0 Å². The minimum absolute atomic E-state index is 0.889. The first-order valence-electron chi connectivity index (χ1n) is 6.55. The Morgan fingerprint density at radius 3 is 2.18 bits per heavy atom. The molecular formula is C13H22N4. The van der Waals surface area contributed by atoms with Gasteiger partial charge in [0.05, 0.1) is 0 Å². The van der Waals surface area contributed by atoms with Crippen LogP contribution in [0.4, 0.5) is 5.95 Å². The first-order valence-corrected chi connectivity index (χ1v) is 6.55. The summed E-state index contributed by atoms with van der Waals surface area (Å²) in [5.74, 6) is 0.889. The fourth-order valence-electron chi connectivity index (χ4n) is 2.26. The van der Waals surface area contributed by atoms with Gasteiger partial charge >= 0.3 is 0 Å². The van der Waals surface area contributed by atoms with E-state index >= 15 is 0 Å². The van der Waals surface area contributed by atoms with Crippen molar-refractivity contribution in [3.05, 3.63) is 18.0 Å². The highest BCUT2D eigenvalue weighted by Gasteiger charge is 2.13. The van der Waals surface area contributed by atoms with Gasteiger partial charge in [-0.2, -0.15) is 0 Å². The molecule has 0 spiro atoms. The van der Waals surface area contributed by atoms with Crippen LogP contribution in [-0.2, 0) is 0 Å². The normalized spacial score (nSPS) is 18.8. The van der Waals surface area contributed by atoms with Gasteiger partial charge in [0.2, 0.25) is 5.95 Å². The second-order valence-corrected chi connectivity index (χ2v) is 4.69. The molecule has 1 fully saturated rings. The molecule has 1 aliphatic rings. The molecule has 1 aromatic rings. The van der Waals surface area contributed by atoms with Gasteiger partial charge in [-0.05, 0) is 45.0 Å². The third kappa shape index (κ3) is 3.40. The van der Waals surface area contributed by atoms with Crippen molar-refractivity contribution in [3.8, 4) is 0 Å². The molecule has 0 aliphatic carbocycles. The molecule has 0 amide bonds. The quantitative estimate of drug-likeness (QED) is 0.780. The van der Waals surface area contributed by atoms with Gasteiger partial charge in [-0.3, -0.25) is 0 Å². The first kappa shape index (κ1) is 12.3. The summed E-state index contributed by atoms with van der Waals surface area (Å²) in [7, 11) is 0. The average molecular weight is 234 g/mol. The molecule has 1 saturated heterocycles. The Balaban J connectivity index is 1.96. The summed E-state index contributed by atoms with van der Waals surface area (Å²) in [6.07, 6.45) is 6.20. The van der Waals surface area contributed by atoms with Crippen molar-refractivity contribution in [3.63, 3.8) is 0 Å². The Morgan fingerprint density at radius 1 is 1.06 bits per heavy atom. The molecule has 0 bridgehead atoms. The van der Waals surface area contributed by atoms with Crippen LogP contribution < -0.4 is 4.90 Å². The molecule has 2 heterocycles. The van der Waals surface area contributed by atoms with E-state index in [0.717, 1.165) is 24.6 Å². The number of rotatable bonds is 2. The van der Waals surface area contributed by atoms with Gasteiger partial charge in [0.1, 0.15) is 0 Å². The molecule has 0 atom stereocenters. The van der Waals surface area contributed by atoms with Crippen molar-refractivity contribution in [2.45, 2.75) is 26.7 Å². The minimum Gasteiger partial charge on any atom is -0.341 e. The standard InChI is InChI=1S/C13H22N4/c1-3-16-6-4-8-17(9-5-7-16)13-14-10-12(2)11-15-13/h10-11H,3-9H2,1-2H3. The largest absolute Gasteiger partial charge is 0.341 e. The molecule has 0 unspecified atom stereocenters. The van der Waals surface area contributed by atoms with Gasteiger partial charge in [0, 0.05) is 25.5 Å². The molecule has 0 N–H and O–H groups in total. The van der Waals surface area contributed by atoms with Crippen molar-refractivity contribution in [2.24, 2.45) is 0 Å². The van der Waals surface area contributed by atoms with Crippen LogP contribution in [0.15, 0.2) is 12.4 Å². The highest BCUT2D eigenvalue weighted by Crippen LogP contribution is 2.11. The smallest absolute Gasteiger partial charge is 0.225 e. The topological polar surface area (TPSA) is 32.3 Å². The number of hydrogen-bond donors (Lipinski definition) is 0. The Kier molecular flexibility index (Phi) is 4.31. The maximum atomic E-state index is 4.41. The van der Waals surface area contributed by atoms with E-state index in [-0.39, 0.29) is 0 Å². The molecule has 0 saturated carbocycles. The summed E-state index contributed by atoms with van der Waals surface area (Å²) in [6.45, 7) is 9.96. The predicted molar refractivity (Wildman–Crippen MR) is 70.3 cm³/mol. The lowest BCUT2D eigenvalue weighted by molar-refractivity contribution is 0.272. The van der Waals surface area contributed by atoms with E-state index in [4.69, 9.17) is 0 Å². The van der Waals surface area contributed by atoms with Crippen molar-refractivity contribution >= 4 is 5.95 Å². The molecule has 94 valence electrons. The maximum Gasteiger partial charge on any atom is 0.225 e. The molecule has 0 aromatic carbocycles. The Morgan fingerprint density at radius 2 is 1.65 bits per heavy atom. The molecule has 2 rings (SSSR count). The summed E-state index contributed by atoms with van der Waals surface area (Å²) in [5.41, 5.74) is 1.12. The van der Waals surface area contributed by atoms with Crippen LogP contribution in [0.5, 0.6) is 0 Å². The first-order chi connectivity index (χ1) is 8.29. The zero-order valence-electron chi connectivity index (χ0n) is 10.9. The zero-order chi connectivity index (χ0) is 12.1. The predicted octanol–water partition coefficient (Wildman–Crippen LogP) is 1.71.